The lowest BCUT2D eigenvalue weighted by atomic mass is 10.0. The molecule has 2 aromatic carbocycles. The number of amides is 1. The summed E-state index contributed by atoms with van der Waals surface area (Å²) in [4.78, 5) is 15.1. The highest BCUT2D eigenvalue weighted by Crippen LogP contribution is 2.31. The van der Waals surface area contributed by atoms with Crippen molar-refractivity contribution < 1.29 is 36.0 Å². The molecule has 0 fully saturated rings. The Kier molecular flexibility index (Phi) is 9.30. The second-order valence-electron chi connectivity index (χ2n) is 10.6. The van der Waals surface area contributed by atoms with Gasteiger partial charge in [0, 0.05) is 30.8 Å². The standard InChI is InChI=1S/C28H36N4O8S2/c1-18-15-32(19(2)17-33)27(34)14-22-13-23(30-41(35,36)24-9-7-6-8-10-24)11-12-25(22)39-26(18)16-31(5)42(37,38)28-20(3)29-40-21(28)4/h6-13,18-19,26,30,33H,14-17H2,1-5H3/t18-,19-,26+/m0/s1. The van der Waals surface area contributed by atoms with E-state index in [1.54, 1.807) is 43.0 Å². The number of benzene rings is 2. The number of aromatic nitrogens is 1. The Morgan fingerprint density at radius 2 is 1.83 bits per heavy atom. The number of carbonyl (C=O) groups excluding carboxylic acids is 1. The summed E-state index contributed by atoms with van der Waals surface area (Å²) in [5.41, 5.74) is 0.892. The van der Waals surface area contributed by atoms with Gasteiger partial charge in [-0.05, 0) is 51.1 Å². The van der Waals surface area contributed by atoms with E-state index in [0.717, 1.165) is 0 Å². The molecule has 3 atom stereocenters. The van der Waals surface area contributed by atoms with Crippen LogP contribution < -0.4 is 9.46 Å². The van der Waals surface area contributed by atoms with E-state index in [-0.39, 0.29) is 64.9 Å². The second kappa shape index (κ2) is 12.4. The van der Waals surface area contributed by atoms with E-state index in [1.807, 2.05) is 6.92 Å². The van der Waals surface area contributed by atoms with Gasteiger partial charge in [-0.15, -0.1) is 0 Å². The fourth-order valence-electron chi connectivity index (χ4n) is 4.87. The first kappa shape index (κ1) is 31.5. The number of anilines is 1. The van der Waals surface area contributed by atoms with Crippen LogP contribution in [0.3, 0.4) is 0 Å². The third-order valence-corrected chi connectivity index (χ3v) is 10.8. The van der Waals surface area contributed by atoms with Crippen LogP contribution in [0, 0.1) is 19.8 Å². The Morgan fingerprint density at radius 1 is 1.14 bits per heavy atom. The maximum atomic E-state index is 13.5. The number of hydrogen-bond donors (Lipinski definition) is 2. The van der Waals surface area contributed by atoms with Crippen molar-refractivity contribution >= 4 is 31.6 Å². The van der Waals surface area contributed by atoms with Gasteiger partial charge >= 0.3 is 0 Å². The van der Waals surface area contributed by atoms with Crippen LogP contribution in [0.5, 0.6) is 5.75 Å². The molecule has 1 aromatic heterocycles. The smallest absolute Gasteiger partial charge is 0.261 e. The summed E-state index contributed by atoms with van der Waals surface area (Å²) in [5.74, 6) is -0.141. The zero-order valence-corrected chi connectivity index (χ0v) is 25.8. The predicted molar refractivity (Wildman–Crippen MR) is 155 cm³/mol. The zero-order chi connectivity index (χ0) is 30.8. The Morgan fingerprint density at radius 3 is 2.45 bits per heavy atom. The number of nitrogens with zero attached hydrogens (tertiary/aromatic N) is 3. The summed E-state index contributed by atoms with van der Waals surface area (Å²) in [6.07, 6.45) is -0.831. The topological polar surface area (TPSA) is 159 Å². The summed E-state index contributed by atoms with van der Waals surface area (Å²) in [6.45, 7) is 6.51. The molecule has 4 rings (SSSR count). The van der Waals surface area contributed by atoms with Crippen LogP contribution in [-0.2, 0) is 31.3 Å². The van der Waals surface area contributed by atoms with Gasteiger partial charge in [-0.1, -0.05) is 30.3 Å². The number of fused-ring (bicyclic) bond motifs is 1. The minimum Gasteiger partial charge on any atom is -0.488 e. The average Bonchev–Trinajstić information content (AvgIpc) is 3.31. The lowest BCUT2D eigenvalue weighted by Gasteiger charge is -2.33. The summed E-state index contributed by atoms with van der Waals surface area (Å²) in [5, 5.41) is 13.6. The van der Waals surface area contributed by atoms with Crippen molar-refractivity contribution in [3.63, 3.8) is 0 Å². The third-order valence-electron chi connectivity index (χ3n) is 7.30. The highest BCUT2D eigenvalue weighted by Gasteiger charge is 2.35. The van der Waals surface area contributed by atoms with E-state index in [1.165, 1.54) is 42.5 Å². The third kappa shape index (κ3) is 6.61. The molecule has 0 saturated carbocycles. The fraction of sp³-hybridized carbons (Fsp3) is 0.429. The van der Waals surface area contributed by atoms with Crippen LogP contribution in [0.4, 0.5) is 5.69 Å². The second-order valence-corrected chi connectivity index (χ2v) is 14.2. The van der Waals surface area contributed by atoms with Crippen LogP contribution in [0.15, 0.2) is 62.8 Å². The van der Waals surface area contributed by atoms with Gasteiger partial charge < -0.3 is 19.3 Å². The Hall–Kier alpha value is -3.46. The van der Waals surface area contributed by atoms with Crippen molar-refractivity contribution in [2.75, 3.05) is 31.5 Å². The molecule has 3 aromatic rings. The summed E-state index contributed by atoms with van der Waals surface area (Å²) >= 11 is 0. The minimum atomic E-state index is -3.99. The first-order valence-electron chi connectivity index (χ1n) is 13.4. The van der Waals surface area contributed by atoms with E-state index < -0.39 is 32.2 Å². The maximum Gasteiger partial charge on any atom is 0.261 e. The monoisotopic (exact) mass is 620 g/mol. The van der Waals surface area contributed by atoms with Gasteiger partial charge in [0.25, 0.3) is 10.0 Å². The molecule has 228 valence electrons. The molecular weight excluding hydrogens is 584 g/mol. The molecule has 0 unspecified atom stereocenters. The summed E-state index contributed by atoms with van der Waals surface area (Å²) < 4.78 is 67.9. The maximum absolute atomic E-state index is 13.5. The van der Waals surface area contributed by atoms with E-state index >= 15 is 0 Å². The highest BCUT2D eigenvalue weighted by molar-refractivity contribution is 7.92. The van der Waals surface area contributed by atoms with Gasteiger partial charge in [-0.3, -0.25) is 9.52 Å². The molecule has 0 spiro atoms. The molecule has 2 N–H and O–H groups in total. The fourth-order valence-corrected chi connectivity index (χ4v) is 7.41. The van der Waals surface area contributed by atoms with E-state index in [0.29, 0.717) is 11.3 Å². The van der Waals surface area contributed by atoms with Gasteiger partial charge in [-0.25, -0.2) is 16.8 Å². The van der Waals surface area contributed by atoms with Gasteiger partial charge in [0.15, 0.2) is 5.76 Å². The van der Waals surface area contributed by atoms with Crippen LogP contribution >= 0.6 is 0 Å². The van der Waals surface area contributed by atoms with E-state index in [9.17, 15) is 26.7 Å². The molecule has 42 heavy (non-hydrogen) atoms. The quantitative estimate of drug-likeness (QED) is 0.367. The molecule has 0 bridgehead atoms. The SMILES string of the molecule is Cc1noc(C)c1S(=O)(=O)N(C)C[C@H]1Oc2ccc(NS(=O)(=O)c3ccccc3)cc2CC(=O)N([C@@H](C)CO)C[C@@H]1C. The molecule has 1 aliphatic rings. The number of likely N-dealkylation sites (N-methyl/N-ethyl adjacent to an activating group) is 1. The van der Waals surface area contributed by atoms with Crippen LogP contribution in [0.25, 0.3) is 0 Å². The molecule has 0 aliphatic carbocycles. The number of aliphatic hydroxyl groups excluding tert-OH is 1. The largest absolute Gasteiger partial charge is 0.488 e. The average molecular weight is 621 g/mol. The van der Waals surface area contributed by atoms with E-state index in [4.69, 9.17) is 9.26 Å². The van der Waals surface area contributed by atoms with Crippen LogP contribution in [0.2, 0.25) is 0 Å². The summed E-state index contributed by atoms with van der Waals surface area (Å²) in [6, 6.07) is 12.0. The molecule has 0 radical (unpaired) electrons. The van der Waals surface area contributed by atoms with Crippen molar-refractivity contribution in [3.8, 4) is 5.75 Å². The highest BCUT2D eigenvalue weighted by atomic mass is 32.2. The van der Waals surface area contributed by atoms with Gasteiger partial charge in [-0.2, -0.15) is 4.31 Å². The molecular formula is C28H36N4O8S2. The number of hydrogen-bond acceptors (Lipinski definition) is 9. The number of ether oxygens (including phenoxy) is 1. The predicted octanol–water partition coefficient (Wildman–Crippen LogP) is 2.56. The Bertz CT molecular complexity index is 1620. The van der Waals surface area contributed by atoms with Crippen molar-refractivity contribution in [2.24, 2.45) is 5.92 Å². The Balaban J connectivity index is 1.70. The lowest BCUT2D eigenvalue weighted by molar-refractivity contribution is -0.134. The summed E-state index contributed by atoms with van der Waals surface area (Å²) in [7, 11) is -6.44. The zero-order valence-electron chi connectivity index (χ0n) is 24.1. The first-order valence-corrected chi connectivity index (χ1v) is 16.3. The Labute approximate surface area is 246 Å². The molecule has 14 heteroatoms. The first-order chi connectivity index (χ1) is 19.7. The number of sulfonamides is 2. The number of carbonyl (C=O) groups is 1. The van der Waals surface area contributed by atoms with Crippen molar-refractivity contribution in [1.82, 2.24) is 14.4 Å². The molecule has 1 aliphatic heterocycles. The van der Waals surface area contributed by atoms with Crippen molar-refractivity contribution in [1.29, 1.82) is 0 Å². The number of aryl methyl sites for hydroxylation is 2. The van der Waals surface area contributed by atoms with Crippen molar-refractivity contribution in [3.05, 3.63) is 65.5 Å². The minimum absolute atomic E-state index is 0.0119. The number of aliphatic hydroxyl groups is 1. The van der Waals surface area contributed by atoms with Gasteiger partial charge in [0.05, 0.1) is 30.5 Å². The van der Waals surface area contributed by atoms with Crippen LogP contribution in [-0.4, -0.2) is 81.1 Å². The van der Waals surface area contributed by atoms with Gasteiger partial charge in [0.1, 0.15) is 22.4 Å². The van der Waals surface area contributed by atoms with Crippen molar-refractivity contribution in [2.45, 2.75) is 56.1 Å². The number of rotatable bonds is 9. The van der Waals surface area contributed by atoms with Gasteiger partial charge in [0.2, 0.25) is 15.9 Å². The molecule has 1 amide bonds. The molecule has 2 heterocycles. The van der Waals surface area contributed by atoms with Crippen LogP contribution in [0.1, 0.15) is 30.9 Å². The number of nitrogens with one attached hydrogen (secondary N) is 1. The molecule has 12 nitrogen and oxygen atoms in total. The molecule has 0 saturated heterocycles. The normalized spacial score (nSPS) is 18.9. The van der Waals surface area contributed by atoms with E-state index in [2.05, 4.69) is 9.88 Å². The lowest BCUT2D eigenvalue weighted by Crippen LogP contribution is -2.48.